The summed E-state index contributed by atoms with van der Waals surface area (Å²) in [4.78, 5) is 19.4. The maximum atomic E-state index is 12.9. The minimum absolute atomic E-state index is 0.0381. The lowest BCUT2D eigenvalue weighted by molar-refractivity contribution is -0.133. The van der Waals surface area contributed by atoms with E-state index >= 15 is 0 Å². The van der Waals surface area contributed by atoms with Gasteiger partial charge in [-0.05, 0) is 30.7 Å². The first kappa shape index (κ1) is 15.4. The van der Waals surface area contributed by atoms with Crippen LogP contribution in [-0.4, -0.2) is 37.3 Å². The first-order chi connectivity index (χ1) is 11.5. The third kappa shape index (κ3) is 2.61. The lowest BCUT2D eigenvalue weighted by Gasteiger charge is -2.22. The molecule has 1 amide bonds. The summed E-state index contributed by atoms with van der Waals surface area (Å²) >= 11 is 0. The summed E-state index contributed by atoms with van der Waals surface area (Å²) in [6, 6.07) is -0.0381. The van der Waals surface area contributed by atoms with Crippen molar-refractivity contribution in [2.24, 2.45) is 13.0 Å². The Hall–Kier alpha value is -2.18. The SMILES string of the molecule is CC(C)c1nc(C2CCCN2C(=O)C2CC2c2cnn(C)c2)no1. The van der Waals surface area contributed by atoms with Gasteiger partial charge < -0.3 is 9.42 Å². The molecule has 128 valence electrons. The number of hydrogen-bond donors (Lipinski definition) is 0. The van der Waals surface area contributed by atoms with E-state index in [2.05, 4.69) is 15.2 Å². The van der Waals surface area contributed by atoms with Gasteiger partial charge in [-0.1, -0.05) is 19.0 Å². The van der Waals surface area contributed by atoms with Crippen LogP contribution in [0.2, 0.25) is 0 Å². The molecule has 0 radical (unpaired) electrons. The Bertz CT molecular complexity index is 750. The quantitative estimate of drug-likeness (QED) is 0.861. The van der Waals surface area contributed by atoms with E-state index in [1.54, 1.807) is 4.68 Å². The van der Waals surface area contributed by atoms with Gasteiger partial charge in [-0.15, -0.1) is 0 Å². The predicted molar refractivity (Wildman–Crippen MR) is 86.1 cm³/mol. The van der Waals surface area contributed by atoms with Gasteiger partial charge >= 0.3 is 0 Å². The highest BCUT2D eigenvalue weighted by Crippen LogP contribution is 2.49. The van der Waals surface area contributed by atoms with Crippen LogP contribution in [0.3, 0.4) is 0 Å². The fourth-order valence-electron chi connectivity index (χ4n) is 3.60. The second-order valence-electron chi connectivity index (χ2n) is 7.23. The van der Waals surface area contributed by atoms with Crippen LogP contribution in [0, 0.1) is 5.92 Å². The van der Waals surface area contributed by atoms with Crippen LogP contribution in [0.15, 0.2) is 16.9 Å². The molecule has 1 saturated heterocycles. The summed E-state index contributed by atoms with van der Waals surface area (Å²) in [5.41, 5.74) is 1.16. The molecule has 0 bridgehead atoms. The van der Waals surface area contributed by atoms with Gasteiger partial charge in [-0.2, -0.15) is 10.1 Å². The van der Waals surface area contributed by atoms with E-state index in [0.717, 1.165) is 31.4 Å². The van der Waals surface area contributed by atoms with Crippen molar-refractivity contribution < 1.29 is 9.32 Å². The fraction of sp³-hybridized carbons (Fsp3) is 0.647. The molecule has 7 heteroatoms. The van der Waals surface area contributed by atoms with E-state index in [0.29, 0.717) is 17.6 Å². The standard InChI is InChI=1S/C17H23N5O2/c1-10(2)16-19-15(20-24-16)14-5-4-6-22(14)17(23)13-7-12(13)11-8-18-21(3)9-11/h8-10,12-14H,4-7H2,1-3H3. The van der Waals surface area contributed by atoms with Crippen molar-refractivity contribution in [3.63, 3.8) is 0 Å². The molecule has 3 atom stereocenters. The molecule has 3 unspecified atom stereocenters. The molecule has 24 heavy (non-hydrogen) atoms. The van der Waals surface area contributed by atoms with Gasteiger partial charge in [0.1, 0.15) is 0 Å². The Balaban J connectivity index is 1.47. The number of nitrogens with zero attached hydrogens (tertiary/aromatic N) is 5. The molecule has 2 aromatic rings. The highest BCUT2D eigenvalue weighted by Gasteiger charge is 2.48. The minimum Gasteiger partial charge on any atom is -0.339 e. The summed E-state index contributed by atoms with van der Waals surface area (Å²) < 4.78 is 7.12. The summed E-state index contributed by atoms with van der Waals surface area (Å²) in [6.07, 6.45) is 6.69. The molecule has 0 N–H and O–H groups in total. The summed E-state index contributed by atoms with van der Waals surface area (Å²) in [5.74, 6) is 2.11. The van der Waals surface area contributed by atoms with Crippen molar-refractivity contribution in [3.8, 4) is 0 Å². The molecule has 0 aromatic carbocycles. The van der Waals surface area contributed by atoms with Crippen LogP contribution in [-0.2, 0) is 11.8 Å². The number of hydrogen-bond acceptors (Lipinski definition) is 5. The van der Waals surface area contributed by atoms with E-state index < -0.39 is 0 Å². The van der Waals surface area contributed by atoms with Gasteiger partial charge in [0.2, 0.25) is 11.8 Å². The molecule has 3 heterocycles. The Kier molecular flexibility index (Phi) is 3.66. The molecule has 1 aliphatic heterocycles. The first-order valence-corrected chi connectivity index (χ1v) is 8.67. The molecule has 4 rings (SSSR count). The number of rotatable bonds is 4. The van der Waals surface area contributed by atoms with Crippen molar-refractivity contribution in [1.29, 1.82) is 0 Å². The fourth-order valence-corrected chi connectivity index (χ4v) is 3.60. The Labute approximate surface area is 141 Å². The van der Waals surface area contributed by atoms with Gasteiger partial charge in [-0.3, -0.25) is 9.48 Å². The van der Waals surface area contributed by atoms with E-state index in [1.165, 1.54) is 0 Å². The van der Waals surface area contributed by atoms with Gasteiger partial charge in [0, 0.05) is 31.6 Å². The summed E-state index contributed by atoms with van der Waals surface area (Å²) in [5, 5.41) is 8.33. The van der Waals surface area contributed by atoms with Crippen molar-refractivity contribution in [3.05, 3.63) is 29.7 Å². The summed E-state index contributed by atoms with van der Waals surface area (Å²) in [7, 11) is 1.90. The number of aryl methyl sites for hydroxylation is 1. The highest BCUT2D eigenvalue weighted by molar-refractivity contribution is 5.83. The Morgan fingerprint density at radius 1 is 1.42 bits per heavy atom. The Morgan fingerprint density at radius 2 is 2.25 bits per heavy atom. The normalized spacial score (nSPS) is 26.3. The largest absolute Gasteiger partial charge is 0.339 e. The number of carbonyl (C=O) groups is 1. The Morgan fingerprint density at radius 3 is 2.92 bits per heavy atom. The third-order valence-electron chi connectivity index (χ3n) is 5.05. The van der Waals surface area contributed by atoms with Crippen LogP contribution < -0.4 is 0 Å². The van der Waals surface area contributed by atoms with Gasteiger partial charge in [0.25, 0.3) is 0 Å². The number of carbonyl (C=O) groups excluding carboxylic acids is 1. The van der Waals surface area contributed by atoms with E-state index in [9.17, 15) is 4.79 Å². The molecule has 1 aliphatic carbocycles. The number of amides is 1. The van der Waals surface area contributed by atoms with Crippen LogP contribution >= 0.6 is 0 Å². The zero-order chi connectivity index (χ0) is 16.8. The molecule has 2 aliphatic rings. The zero-order valence-corrected chi connectivity index (χ0v) is 14.3. The van der Waals surface area contributed by atoms with Gasteiger partial charge in [-0.25, -0.2) is 0 Å². The van der Waals surface area contributed by atoms with Crippen molar-refractivity contribution in [2.45, 2.75) is 51.0 Å². The third-order valence-corrected chi connectivity index (χ3v) is 5.05. The lowest BCUT2D eigenvalue weighted by Crippen LogP contribution is -2.32. The second kappa shape index (κ2) is 5.72. The minimum atomic E-state index is -0.0381. The molecule has 1 saturated carbocycles. The van der Waals surface area contributed by atoms with Crippen LogP contribution in [0.1, 0.15) is 68.3 Å². The lowest BCUT2D eigenvalue weighted by atomic mass is 10.1. The molecule has 7 nitrogen and oxygen atoms in total. The topological polar surface area (TPSA) is 77.1 Å². The molecule has 0 spiro atoms. The smallest absolute Gasteiger partial charge is 0.229 e. The van der Waals surface area contributed by atoms with E-state index in [4.69, 9.17) is 4.52 Å². The van der Waals surface area contributed by atoms with Crippen LogP contribution in [0.25, 0.3) is 0 Å². The van der Waals surface area contributed by atoms with Crippen molar-refractivity contribution in [2.75, 3.05) is 6.54 Å². The summed E-state index contributed by atoms with van der Waals surface area (Å²) in [6.45, 7) is 4.83. The zero-order valence-electron chi connectivity index (χ0n) is 14.3. The average molecular weight is 329 g/mol. The first-order valence-electron chi connectivity index (χ1n) is 8.67. The van der Waals surface area contributed by atoms with E-state index in [1.807, 2.05) is 38.2 Å². The van der Waals surface area contributed by atoms with Gasteiger partial charge in [0.15, 0.2) is 5.82 Å². The van der Waals surface area contributed by atoms with E-state index in [-0.39, 0.29) is 23.8 Å². The number of aromatic nitrogens is 4. The number of likely N-dealkylation sites (tertiary alicyclic amines) is 1. The van der Waals surface area contributed by atoms with Crippen molar-refractivity contribution in [1.82, 2.24) is 24.8 Å². The van der Waals surface area contributed by atoms with Crippen molar-refractivity contribution >= 4 is 5.91 Å². The maximum Gasteiger partial charge on any atom is 0.229 e. The highest BCUT2D eigenvalue weighted by atomic mass is 16.5. The monoisotopic (exact) mass is 329 g/mol. The molecular weight excluding hydrogens is 306 g/mol. The second-order valence-corrected chi connectivity index (χ2v) is 7.23. The predicted octanol–water partition coefficient (Wildman–Crippen LogP) is 2.39. The molecular formula is C17H23N5O2. The van der Waals surface area contributed by atoms with Crippen LogP contribution in [0.5, 0.6) is 0 Å². The van der Waals surface area contributed by atoms with Crippen LogP contribution in [0.4, 0.5) is 0 Å². The molecule has 2 aromatic heterocycles. The molecule has 2 fully saturated rings. The maximum absolute atomic E-state index is 12.9. The van der Waals surface area contributed by atoms with Gasteiger partial charge in [0.05, 0.1) is 12.2 Å². The average Bonchev–Trinajstić information content (AvgIpc) is 2.97.